The second-order valence-corrected chi connectivity index (χ2v) is 4.79. The first-order valence-electron chi connectivity index (χ1n) is 6.94. The van der Waals surface area contributed by atoms with Crippen LogP contribution < -0.4 is 0 Å². The van der Waals surface area contributed by atoms with Crippen molar-refractivity contribution in [2.45, 2.75) is 13.3 Å². The van der Waals surface area contributed by atoms with Gasteiger partial charge in [-0.1, -0.05) is 62.0 Å². The van der Waals surface area contributed by atoms with Gasteiger partial charge in [0.15, 0.2) is 0 Å². The maximum Gasteiger partial charge on any atom is 0.0715 e. The Hall–Kier alpha value is -2.41. The standard InChI is InChI=1S/C19H17N/c1-3-15-17(4-2)20-18-13-9-8-12-16(18)19(15)14-10-6-5-7-11-14/h4-13H,2-3H2,1H3. The molecular weight excluding hydrogens is 242 g/mol. The molecule has 1 heterocycles. The minimum Gasteiger partial charge on any atom is -0.248 e. The van der Waals surface area contributed by atoms with Crippen molar-refractivity contribution in [2.24, 2.45) is 0 Å². The quantitative estimate of drug-likeness (QED) is 0.637. The number of benzene rings is 2. The fraction of sp³-hybridized carbons (Fsp3) is 0.105. The maximum absolute atomic E-state index is 4.73. The highest BCUT2D eigenvalue weighted by Crippen LogP contribution is 2.33. The van der Waals surface area contributed by atoms with Gasteiger partial charge < -0.3 is 0 Å². The van der Waals surface area contributed by atoms with Crippen molar-refractivity contribution in [3.8, 4) is 11.1 Å². The molecule has 0 amide bonds. The highest BCUT2D eigenvalue weighted by Gasteiger charge is 2.13. The predicted molar refractivity (Wildman–Crippen MR) is 86.6 cm³/mol. The van der Waals surface area contributed by atoms with Crippen molar-refractivity contribution in [1.29, 1.82) is 0 Å². The minimum atomic E-state index is 0.948. The third kappa shape index (κ3) is 2.01. The Kier molecular flexibility index (Phi) is 3.34. The number of aromatic nitrogens is 1. The van der Waals surface area contributed by atoms with Crippen molar-refractivity contribution in [1.82, 2.24) is 4.98 Å². The molecule has 3 aromatic rings. The second kappa shape index (κ2) is 5.30. The van der Waals surface area contributed by atoms with Crippen LogP contribution in [-0.2, 0) is 6.42 Å². The van der Waals surface area contributed by atoms with Gasteiger partial charge in [0.2, 0.25) is 0 Å². The van der Waals surface area contributed by atoms with Crippen molar-refractivity contribution in [3.05, 3.63) is 72.4 Å². The summed E-state index contributed by atoms with van der Waals surface area (Å²) < 4.78 is 0. The molecule has 20 heavy (non-hydrogen) atoms. The normalized spacial score (nSPS) is 10.7. The van der Waals surface area contributed by atoms with E-state index in [1.165, 1.54) is 22.1 Å². The molecule has 0 aliphatic carbocycles. The molecule has 0 atom stereocenters. The summed E-state index contributed by atoms with van der Waals surface area (Å²) in [6.45, 7) is 6.09. The number of hydrogen-bond donors (Lipinski definition) is 0. The zero-order valence-corrected chi connectivity index (χ0v) is 11.6. The lowest BCUT2D eigenvalue weighted by Gasteiger charge is -2.14. The van der Waals surface area contributed by atoms with Crippen LogP contribution in [0.4, 0.5) is 0 Å². The molecule has 1 aromatic heterocycles. The van der Waals surface area contributed by atoms with Crippen LogP contribution in [0.2, 0.25) is 0 Å². The third-order valence-electron chi connectivity index (χ3n) is 3.63. The summed E-state index contributed by atoms with van der Waals surface area (Å²) in [5, 5.41) is 1.21. The van der Waals surface area contributed by atoms with Gasteiger partial charge in [0.05, 0.1) is 11.2 Å². The smallest absolute Gasteiger partial charge is 0.0715 e. The van der Waals surface area contributed by atoms with Gasteiger partial charge in [-0.3, -0.25) is 0 Å². The van der Waals surface area contributed by atoms with E-state index in [0.29, 0.717) is 0 Å². The summed E-state index contributed by atoms with van der Waals surface area (Å²) in [7, 11) is 0. The van der Waals surface area contributed by atoms with Crippen LogP contribution in [0, 0.1) is 0 Å². The topological polar surface area (TPSA) is 12.9 Å². The summed E-state index contributed by atoms with van der Waals surface area (Å²) in [6.07, 6.45) is 2.81. The highest BCUT2D eigenvalue weighted by atomic mass is 14.7. The van der Waals surface area contributed by atoms with Gasteiger partial charge in [-0.15, -0.1) is 0 Å². The molecule has 0 spiro atoms. The van der Waals surface area contributed by atoms with E-state index >= 15 is 0 Å². The van der Waals surface area contributed by atoms with E-state index in [1.54, 1.807) is 0 Å². The Morgan fingerprint density at radius 1 is 1.00 bits per heavy atom. The summed E-state index contributed by atoms with van der Waals surface area (Å²) in [5.41, 5.74) is 5.81. The van der Waals surface area contributed by atoms with E-state index < -0.39 is 0 Å². The number of para-hydroxylation sites is 1. The molecule has 0 aliphatic heterocycles. The fourth-order valence-electron chi connectivity index (χ4n) is 2.73. The number of fused-ring (bicyclic) bond motifs is 1. The monoisotopic (exact) mass is 259 g/mol. The van der Waals surface area contributed by atoms with E-state index in [2.05, 4.69) is 56.0 Å². The lowest BCUT2D eigenvalue weighted by atomic mass is 9.93. The molecule has 0 saturated carbocycles. The van der Waals surface area contributed by atoms with Crippen LogP contribution in [0.25, 0.3) is 28.1 Å². The second-order valence-electron chi connectivity index (χ2n) is 4.79. The first kappa shape index (κ1) is 12.6. The van der Waals surface area contributed by atoms with Gasteiger partial charge in [-0.05, 0) is 35.3 Å². The molecule has 0 saturated heterocycles. The summed E-state index contributed by atoms with van der Waals surface area (Å²) >= 11 is 0. The molecule has 0 N–H and O–H groups in total. The predicted octanol–water partition coefficient (Wildman–Crippen LogP) is 5.11. The van der Waals surface area contributed by atoms with Crippen molar-refractivity contribution >= 4 is 17.0 Å². The number of hydrogen-bond acceptors (Lipinski definition) is 1. The van der Waals surface area contributed by atoms with Crippen molar-refractivity contribution in [3.63, 3.8) is 0 Å². The molecule has 0 unspecified atom stereocenters. The largest absolute Gasteiger partial charge is 0.248 e. The Labute approximate surface area is 119 Å². The van der Waals surface area contributed by atoms with Gasteiger partial charge in [-0.2, -0.15) is 0 Å². The molecule has 98 valence electrons. The average molecular weight is 259 g/mol. The van der Waals surface area contributed by atoms with E-state index in [4.69, 9.17) is 4.98 Å². The summed E-state index contributed by atoms with van der Waals surface area (Å²) in [5.74, 6) is 0. The minimum absolute atomic E-state index is 0.948. The van der Waals surface area contributed by atoms with Gasteiger partial charge in [-0.25, -0.2) is 4.98 Å². The summed E-state index contributed by atoms with van der Waals surface area (Å²) in [6, 6.07) is 18.8. The fourth-order valence-corrected chi connectivity index (χ4v) is 2.73. The first-order chi connectivity index (χ1) is 9.85. The molecule has 0 fully saturated rings. The van der Waals surface area contributed by atoms with Gasteiger partial charge in [0, 0.05) is 5.39 Å². The zero-order valence-electron chi connectivity index (χ0n) is 11.6. The molecule has 0 aliphatic rings. The Balaban J connectivity index is 2.46. The third-order valence-corrected chi connectivity index (χ3v) is 3.63. The van der Waals surface area contributed by atoms with Gasteiger partial charge in [0.25, 0.3) is 0 Å². The Morgan fingerprint density at radius 2 is 1.70 bits per heavy atom. The molecule has 3 rings (SSSR count). The summed E-state index contributed by atoms with van der Waals surface area (Å²) in [4.78, 5) is 4.73. The first-order valence-corrected chi connectivity index (χ1v) is 6.94. The molecule has 1 nitrogen and oxygen atoms in total. The SMILES string of the molecule is C=Cc1nc2ccccc2c(-c2ccccc2)c1CC. The zero-order chi connectivity index (χ0) is 13.9. The number of rotatable bonds is 3. The van der Waals surface area contributed by atoms with Gasteiger partial charge >= 0.3 is 0 Å². The van der Waals surface area contributed by atoms with E-state index in [0.717, 1.165) is 17.6 Å². The van der Waals surface area contributed by atoms with E-state index in [1.807, 2.05) is 18.2 Å². The average Bonchev–Trinajstić information content (AvgIpc) is 2.53. The molecule has 1 heteroatoms. The number of nitrogens with zero attached hydrogens (tertiary/aromatic N) is 1. The Bertz CT molecular complexity index is 757. The van der Waals surface area contributed by atoms with E-state index in [9.17, 15) is 0 Å². The van der Waals surface area contributed by atoms with Crippen LogP contribution in [0.1, 0.15) is 18.2 Å². The molecule has 0 bridgehead atoms. The highest BCUT2D eigenvalue weighted by molar-refractivity contribution is 5.97. The number of pyridine rings is 1. The maximum atomic E-state index is 4.73. The van der Waals surface area contributed by atoms with E-state index in [-0.39, 0.29) is 0 Å². The molecule has 0 radical (unpaired) electrons. The van der Waals surface area contributed by atoms with Crippen molar-refractivity contribution in [2.75, 3.05) is 0 Å². The lowest BCUT2D eigenvalue weighted by Crippen LogP contribution is -1.97. The molecule has 2 aromatic carbocycles. The van der Waals surface area contributed by atoms with Crippen LogP contribution >= 0.6 is 0 Å². The molecular formula is C19H17N. The van der Waals surface area contributed by atoms with Crippen LogP contribution in [0.3, 0.4) is 0 Å². The van der Waals surface area contributed by atoms with Crippen LogP contribution in [0.5, 0.6) is 0 Å². The van der Waals surface area contributed by atoms with Crippen LogP contribution in [-0.4, -0.2) is 4.98 Å². The van der Waals surface area contributed by atoms with Gasteiger partial charge in [0.1, 0.15) is 0 Å². The van der Waals surface area contributed by atoms with Crippen molar-refractivity contribution < 1.29 is 0 Å². The van der Waals surface area contributed by atoms with Crippen LogP contribution in [0.15, 0.2) is 61.2 Å². The Morgan fingerprint density at radius 3 is 2.40 bits per heavy atom. The lowest BCUT2D eigenvalue weighted by molar-refractivity contribution is 1.11.